The number of benzene rings is 2. The van der Waals surface area contributed by atoms with Crippen LogP contribution >= 0.6 is 11.6 Å². The maximum Gasteiger partial charge on any atom is 0.416 e. The average Bonchev–Trinajstić information content (AvgIpc) is 3.58. The topological polar surface area (TPSA) is 95.6 Å². The first-order valence-electron chi connectivity index (χ1n) is 14.1. The highest BCUT2D eigenvalue weighted by atomic mass is 35.5. The zero-order valence-corrected chi connectivity index (χ0v) is 24.2. The SMILES string of the molecule is N[C@@H](Cn1c(=O)c2c(n(Cc3c(F)cccc3C(F)(F)F)c1=O)COC21CCN(Cc2ccc(Cl)o2)CC1)c1ccccc1. The van der Waals surface area contributed by atoms with Crippen molar-refractivity contribution in [2.75, 3.05) is 13.1 Å². The third-order valence-electron chi connectivity index (χ3n) is 8.50. The molecule has 0 unspecified atom stereocenters. The van der Waals surface area contributed by atoms with Gasteiger partial charge in [-0.1, -0.05) is 36.4 Å². The molecule has 44 heavy (non-hydrogen) atoms. The molecule has 2 aromatic heterocycles. The molecule has 0 bridgehead atoms. The molecule has 0 amide bonds. The Hall–Kier alpha value is -3.71. The fourth-order valence-electron chi connectivity index (χ4n) is 6.22. The van der Waals surface area contributed by atoms with Crippen molar-refractivity contribution in [1.82, 2.24) is 14.0 Å². The van der Waals surface area contributed by atoms with Gasteiger partial charge in [0.25, 0.3) is 5.56 Å². The van der Waals surface area contributed by atoms with Crippen molar-refractivity contribution in [3.8, 4) is 0 Å². The number of hydrogen-bond acceptors (Lipinski definition) is 6. The van der Waals surface area contributed by atoms with Crippen molar-refractivity contribution in [3.05, 3.63) is 126 Å². The number of rotatable bonds is 7. The van der Waals surface area contributed by atoms with E-state index in [1.165, 1.54) is 0 Å². The molecule has 4 heterocycles. The molecule has 1 fully saturated rings. The third kappa shape index (κ3) is 5.63. The van der Waals surface area contributed by atoms with Gasteiger partial charge in [-0.3, -0.25) is 18.8 Å². The lowest BCUT2D eigenvalue weighted by molar-refractivity contribution is -0.138. The molecule has 2 aliphatic heterocycles. The average molecular weight is 633 g/mol. The third-order valence-corrected chi connectivity index (χ3v) is 8.70. The Bertz CT molecular complexity index is 1790. The molecule has 2 N–H and O–H groups in total. The summed E-state index contributed by atoms with van der Waals surface area (Å²) in [5.41, 5.74) is 2.94. The van der Waals surface area contributed by atoms with Crippen molar-refractivity contribution < 1.29 is 26.7 Å². The normalized spacial score (nSPS) is 17.2. The number of nitrogens with two attached hydrogens (primary N) is 1. The number of alkyl halides is 3. The monoisotopic (exact) mass is 632 g/mol. The fourth-order valence-corrected chi connectivity index (χ4v) is 6.38. The Labute approximate surface area is 254 Å². The zero-order valence-electron chi connectivity index (χ0n) is 23.4. The molecule has 8 nitrogen and oxygen atoms in total. The number of aromatic nitrogens is 2. The van der Waals surface area contributed by atoms with E-state index in [0.717, 1.165) is 27.3 Å². The van der Waals surface area contributed by atoms with E-state index in [1.807, 2.05) is 0 Å². The molecule has 1 spiro atoms. The summed E-state index contributed by atoms with van der Waals surface area (Å²) in [6.45, 7) is 0.332. The van der Waals surface area contributed by atoms with Crippen LogP contribution in [0, 0.1) is 5.82 Å². The summed E-state index contributed by atoms with van der Waals surface area (Å²) < 4.78 is 70.4. The van der Waals surface area contributed by atoms with Crippen molar-refractivity contribution in [1.29, 1.82) is 0 Å². The number of piperidine rings is 1. The quantitative estimate of drug-likeness (QED) is 0.282. The van der Waals surface area contributed by atoms with Crippen LogP contribution in [0.3, 0.4) is 0 Å². The lowest BCUT2D eigenvalue weighted by Gasteiger charge is -2.38. The second-order valence-electron chi connectivity index (χ2n) is 11.2. The minimum atomic E-state index is -4.86. The van der Waals surface area contributed by atoms with Gasteiger partial charge in [-0.25, -0.2) is 9.18 Å². The van der Waals surface area contributed by atoms with E-state index >= 15 is 0 Å². The molecule has 4 aromatic rings. The first kappa shape index (κ1) is 30.3. The lowest BCUT2D eigenvalue weighted by Crippen LogP contribution is -2.49. The standard InChI is InChI=1S/C31H29ClF4N4O4/c32-26-10-9-20(44-26)15-38-13-11-30(12-14-38)27-25(18-43-30)39(16-21-22(31(34,35)36)7-4-8-23(21)33)29(42)40(28(27)41)17-24(37)19-5-2-1-3-6-19/h1-10,24H,11-18,37H2/t24-/m0/s1. The molecule has 0 saturated carbocycles. The van der Waals surface area contributed by atoms with Gasteiger partial charge >= 0.3 is 11.9 Å². The predicted octanol–water partition coefficient (Wildman–Crippen LogP) is 5.18. The van der Waals surface area contributed by atoms with Crippen LogP contribution in [0.1, 0.15) is 52.6 Å². The minimum absolute atomic E-state index is 0.146. The highest BCUT2D eigenvalue weighted by Gasteiger charge is 2.47. The summed E-state index contributed by atoms with van der Waals surface area (Å²) in [5, 5.41) is 0.275. The molecular formula is C31H29ClF4N4O4. The molecule has 1 saturated heterocycles. The maximum absolute atomic E-state index is 15.0. The Balaban J connectivity index is 1.43. The molecular weight excluding hydrogens is 604 g/mol. The van der Waals surface area contributed by atoms with Crippen LogP contribution in [0.15, 0.2) is 74.7 Å². The molecule has 2 aromatic carbocycles. The van der Waals surface area contributed by atoms with Crippen LogP contribution in [-0.2, 0) is 42.8 Å². The van der Waals surface area contributed by atoms with Gasteiger partial charge in [0.15, 0.2) is 5.22 Å². The highest BCUT2D eigenvalue weighted by molar-refractivity contribution is 6.28. The van der Waals surface area contributed by atoms with Crippen LogP contribution in [0.2, 0.25) is 5.22 Å². The first-order valence-corrected chi connectivity index (χ1v) is 14.5. The summed E-state index contributed by atoms with van der Waals surface area (Å²) in [6, 6.07) is 14.1. The van der Waals surface area contributed by atoms with Crippen LogP contribution in [0.25, 0.3) is 0 Å². The van der Waals surface area contributed by atoms with Crippen LogP contribution in [0.5, 0.6) is 0 Å². The van der Waals surface area contributed by atoms with E-state index in [9.17, 15) is 27.2 Å². The maximum atomic E-state index is 15.0. The lowest BCUT2D eigenvalue weighted by atomic mass is 9.85. The number of fused-ring (bicyclic) bond motifs is 2. The van der Waals surface area contributed by atoms with Gasteiger partial charge in [0.1, 0.15) is 17.2 Å². The summed E-state index contributed by atoms with van der Waals surface area (Å²) in [6.07, 6.45) is -4.11. The van der Waals surface area contributed by atoms with E-state index in [4.69, 9.17) is 26.5 Å². The summed E-state index contributed by atoms with van der Waals surface area (Å²) in [5.74, 6) is -0.436. The molecule has 0 radical (unpaired) electrons. The van der Waals surface area contributed by atoms with Crippen molar-refractivity contribution in [3.63, 3.8) is 0 Å². The molecule has 2 aliphatic rings. The van der Waals surface area contributed by atoms with Gasteiger partial charge in [-0.15, -0.1) is 0 Å². The molecule has 6 rings (SSSR count). The van der Waals surface area contributed by atoms with E-state index in [1.54, 1.807) is 42.5 Å². The van der Waals surface area contributed by atoms with Crippen LogP contribution in [-0.4, -0.2) is 27.1 Å². The van der Waals surface area contributed by atoms with Crippen LogP contribution in [0.4, 0.5) is 17.6 Å². The van der Waals surface area contributed by atoms with Gasteiger partial charge in [-0.2, -0.15) is 13.2 Å². The Morgan fingerprint density at radius 1 is 0.955 bits per heavy atom. The molecule has 13 heteroatoms. The Morgan fingerprint density at radius 3 is 2.34 bits per heavy atom. The van der Waals surface area contributed by atoms with E-state index < -0.39 is 52.6 Å². The number of likely N-dealkylation sites (tertiary alicyclic amines) is 1. The largest absolute Gasteiger partial charge is 0.448 e. The zero-order chi connectivity index (χ0) is 31.2. The first-order chi connectivity index (χ1) is 21.0. The number of halogens is 5. The van der Waals surface area contributed by atoms with E-state index in [-0.39, 0.29) is 29.6 Å². The van der Waals surface area contributed by atoms with Crippen molar-refractivity contribution in [2.45, 2.75) is 56.9 Å². The highest BCUT2D eigenvalue weighted by Crippen LogP contribution is 2.43. The number of furan rings is 1. The van der Waals surface area contributed by atoms with Gasteiger partial charge in [0.05, 0.1) is 43.1 Å². The number of ether oxygens (including phenoxy) is 1. The minimum Gasteiger partial charge on any atom is -0.448 e. The van der Waals surface area contributed by atoms with Crippen LogP contribution < -0.4 is 17.0 Å². The fraction of sp³-hybridized carbons (Fsp3) is 0.355. The second-order valence-corrected chi connectivity index (χ2v) is 11.5. The van der Waals surface area contributed by atoms with Crippen molar-refractivity contribution in [2.24, 2.45) is 5.73 Å². The number of hydrogen-bond donors (Lipinski definition) is 1. The van der Waals surface area contributed by atoms with Gasteiger partial charge in [-0.05, 0) is 54.3 Å². The Morgan fingerprint density at radius 2 is 1.68 bits per heavy atom. The van der Waals surface area contributed by atoms with E-state index in [0.29, 0.717) is 43.8 Å². The summed E-state index contributed by atoms with van der Waals surface area (Å²) in [7, 11) is 0. The van der Waals surface area contributed by atoms with Gasteiger partial charge < -0.3 is 14.9 Å². The number of nitrogens with zero attached hydrogens (tertiary/aromatic N) is 3. The van der Waals surface area contributed by atoms with E-state index in [2.05, 4.69) is 4.90 Å². The Kier molecular flexibility index (Phi) is 8.03. The van der Waals surface area contributed by atoms with Gasteiger partial charge in [0, 0.05) is 24.7 Å². The summed E-state index contributed by atoms with van der Waals surface area (Å²) >= 11 is 5.91. The second kappa shape index (κ2) is 11.7. The molecule has 232 valence electrons. The van der Waals surface area contributed by atoms with Gasteiger partial charge in [0.2, 0.25) is 0 Å². The smallest absolute Gasteiger partial charge is 0.416 e. The summed E-state index contributed by atoms with van der Waals surface area (Å²) in [4.78, 5) is 30.1. The van der Waals surface area contributed by atoms with Crippen molar-refractivity contribution >= 4 is 11.6 Å². The predicted molar refractivity (Wildman–Crippen MR) is 154 cm³/mol. The molecule has 1 atom stereocenters. The molecule has 0 aliphatic carbocycles.